The number of ether oxygens (including phenoxy) is 4. The molecule has 6 nitrogen and oxygen atoms in total. The molecule has 1 unspecified atom stereocenters. The standard InChI is InChI=1S/C14H21NO5/c1-17-11-7-13(19-3)12(18-2)6-10(11)9(8-15)5-14(16)20-4/h6-7,9H,5,8,15H2,1-4H3. The van der Waals surface area contributed by atoms with Gasteiger partial charge < -0.3 is 24.7 Å². The van der Waals surface area contributed by atoms with Crippen LogP contribution in [0.3, 0.4) is 0 Å². The summed E-state index contributed by atoms with van der Waals surface area (Å²) >= 11 is 0. The van der Waals surface area contributed by atoms with E-state index in [4.69, 9.17) is 19.9 Å². The van der Waals surface area contributed by atoms with Gasteiger partial charge in [0.15, 0.2) is 11.5 Å². The smallest absolute Gasteiger partial charge is 0.306 e. The molecule has 0 bridgehead atoms. The van der Waals surface area contributed by atoms with E-state index in [-0.39, 0.29) is 18.3 Å². The lowest BCUT2D eigenvalue weighted by Gasteiger charge is -2.19. The van der Waals surface area contributed by atoms with Gasteiger partial charge >= 0.3 is 5.97 Å². The van der Waals surface area contributed by atoms with E-state index in [2.05, 4.69) is 4.74 Å². The van der Waals surface area contributed by atoms with Gasteiger partial charge in [-0.25, -0.2) is 0 Å². The number of hydrogen-bond acceptors (Lipinski definition) is 6. The minimum atomic E-state index is -0.322. The second kappa shape index (κ2) is 7.59. The van der Waals surface area contributed by atoms with Crippen molar-refractivity contribution >= 4 is 5.97 Å². The molecule has 1 atom stereocenters. The molecule has 0 aromatic heterocycles. The first-order chi connectivity index (χ1) is 9.60. The largest absolute Gasteiger partial charge is 0.496 e. The first-order valence-electron chi connectivity index (χ1n) is 6.18. The zero-order chi connectivity index (χ0) is 15.1. The molecule has 20 heavy (non-hydrogen) atoms. The van der Waals surface area contributed by atoms with Crippen LogP contribution in [-0.4, -0.2) is 41.0 Å². The maximum Gasteiger partial charge on any atom is 0.306 e. The van der Waals surface area contributed by atoms with Gasteiger partial charge in [-0.15, -0.1) is 0 Å². The van der Waals surface area contributed by atoms with Gasteiger partial charge in [0.2, 0.25) is 0 Å². The topological polar surface area (TPSA) is 80.0 Å². The van der Waals surface area contributed by atoms with E-state index in [1.54, 1.807) is 33.5 Å². The Bertz CT molecular complexity index is 461. The highest BCUT2D eigenvalue weighted by Gasteiger charge is 2.21. The highest BCUT2D eigenvalue weighted by atomic mass is 16.5. The third-order valence-electron chi connectivity index (χ3n) is 3.10. The number of hydrogen-bond donors (Lipinski definition) is 1. The second-order valence-electron chi connectivity index (χ2n) is 4.16. The molecule has 1 aromatic carbocycles. The Hall–Kier alpha value is -1.95. The average Bonchev–Trinajstić information content (AvgIpc) is 2.50. The molecule has 1 rings (SSSR count). The van der Waals surface area contributed by atoms with Gasteiger partial charge in [-0.2, -0.15) is 0 Å². The van der Waals surface area contributed by atoms with E-state index in [1.165, 1.54) is 7.11 Å². The van der Waals surface area contributed by atoms with E-state index >= 15 is 0 Å². The number of carbonyl (C=O) groups excluding carboxylic acids is 1. The number of benzene rings is 1. The lowest BCUT2D eigenvalue weighted by molar-refractivity contribution is -0.141. The molecule has 0 aliphatic carbocycles. The first-order valence-corrected chi connectivity index (χ1v) is 6.18. The molecule has 0 radical (unpaired) electrons. The van der Waals surface area contributed by atoms with Crippen LogP contribution in [0.5, 0.6) is 17.2 Å². The Morgan fingerprint density at radius 1 is 1.05 bits per heavy atom. The van der Waals surface area contributed by atoms with E-state index in [0.717, 1.165) is 5.56 Å². The highest BCUT2D eigenvalue weighted by molar-refractivity contribution is 5.71. The van der Waals surface area contributed by atoms with Gasteiger partial charge in [0.05, 0.1) is 34.9 Å². The quantitative estimate of drug-likeness (QED) is 0.760. The molecule has 1 aromatic rings. The van der Waals surface area contributed by atoms with Crippen molar-refractivity contribution in [2.75, 3.05) is 35.0 Å². The second-order valence-corrected chi connectivity index (χ2v) is 4.16. The van der Waals surface area contributed by atoms with Crippen molar-refractivity contribution in [1.82, 2.24) is 0 Å². The van der Waals surface area contributed by atoms with Crippen molar-refractivity contribution in [1.29, 1.82) is 0 Å². The third kappa shape index (κ3) is 3.54. The van der Waals surface area contributed by atoms with Crippen molar-refractivity contribution in [2.24, 2.45) is 5.73 Å². The summed E-state index contributed by atoms with van der Waals surface area (Å²) in [6.07, 6.45) is 0.179. The predicted octanol–water partition coefficient (Wildman–Crippen LogP) is 1.32. The van der Waals surface area contributed by atoms with Crippen molar-refractivity contribution in [3.05, 3.63) is 17.7 Å². The van der Waals surface area contributed by atoms with Crippen molar-refractivity contribution < 1.29 is 23.7 Å². The minimum Gasteiger partial charge on any atom is -0.496 e. The van der Waals surface area contributed by atoms with Gasteiger partial charge in [0, 0.05) is 17.5 Å². The normalized spacial score (nSPS) is 11.7. The predicted molar refractivity (Wildman–Crippen MR) is 74.5 cm³/mol. The molecule has 0 heterocycles. The number of methoxy groups -OCH3 is 4. The summed E-state index contributed by atoms with van der Waals surface area (Å²) in [4.78, 5) is 11.5. The maximum absolute atomic E-state index is 11.5. The van der Waals surface area contributed by atoms with Gasteiger partial charge in [0.1, 0.15) is 5.75 Å². The molecule has 0 saturated carbocycles. The van der Waals surface area contributed by atoms with E-state index in [9.17, 15) is 4.79 Å². The molecular weight excluding hydrogens is 262 g/mol. The van der Waals surface area contributed by atoms with Crippen LogP contribution >= 0.6 is 0 Å². The molecule has 0 amide bonds. The van der Waals surface area contributed by atoms with Crippen LogP contribution in [-0.2, 0) is 9.53 Å². The Morgan fingerprint density at radius 2 is 1.60 bits per heavy atom. The number of esters is 1. The average molecular weight is 283 g/mol. The molecule has 0 saturated heterocycles. The van der Waals surface area contributed by atoms with Crippen LogP contribution < -0.4 is 19.9 Å². The van der Waals surface area contributed by atoms with E-state index < -0.39 is 0 Å². The number of carbonyl (C=O) groups is 1. The first kappa shape index (κ1) is 16.1. The lowest BCUT2D eigenvalue weighted by atomic mass is 9.94. The molecule has 6 heteroatoms. The van der Waals surface area contributed by atoms with Crippen LogP contribution in [0.15, 0.2) is 12.1 Å². The lowest BCUT2D eigenvalue weighted by Crippen LogP contribution is -2.18. The van der Waals surface area contributed by atoms with Gasteiger partial charge in [-0.3, -0.25) is 4.79 Å². The van der Waals surface area contributed by atoms with Crippen LogP contribution in [0, 0.1) is 0 Å². The zero-order valence-corrected chi connectivity index (χ0v) is 12.3. The van der Waals surface area contributed by atoms with E-state index in [0.29, 0.717) is 23.8 Å². The van der Waals surface area contributed by atoms with Crippen LogP contribution in [0.1, 0.15) is 17.9 Å². The fourth-order valence-electron chi connectivity index (χ4n) is 1.98. The summed E-state index contributed by atoms with van der Waals surface area (Å²) in [5.74, 6) is 1.19. The number of nitrogens with two attached hydrogens (primary N) is 1. The Morgan fingerprint density at radius 3 is 2.05 bits per heavy atom. The SMILES string of the molecule is COC(=O)CC(CN)c1cc(OC)c(OC)cc1OC. The molecule has 2 N–H and O–H groups in total. The zero-order valence-electron chi connectivity index (χ0n) is 12.3. The van der Waals surface area contributed by atoms with E-state index in [1.807, 2.05) is 0 Å². The monoisotopic (exact) mass is 283 g/mol. The summed E-state index contributed by atoms with van der Waals surface area (Å²) in [6.45, 7) is 0.293. The molecular formula is C14H21NO5. The Balaban J connectivity index is 3.22. The van der Waals surface area contributed by atoms with Crippen LogP contribution in [0.25, 0.3) is 0 Å². The Labute approximate surface area is 118 Å². The fourth-order valence-corrected chi connectivity index (χ4v) is 1.98. The van der Waals surface area contributed by atoms with Crippen molar-refractivity contribution in [3.8, 4) is 17.2 Å². The summed E-state index contributed by atoms with van der Waals surface area (Å²) in [5.41, 5.74) is 6.55. The summed E-state index contributed by atoms with van der Waals surface area (Å²) in [6, 6.07) is 3.49. The summed E-state index contributed by atoms with van der Waals surface area (Å²) in [7, 11) is 6.00. The van der Waals surface area contributed by atoms with Crippen molar-refractivity contribution in [2.45, 2.75) is 12.3 Å². The minimum absolute atomic E-state index is 0.179. The molecule has 0 spiro atoms. The summed E-state index contributed by atoms with van der Waals surface area (Å²) < 4.78 is 20.5. The molecule has 0 aliphatic rings. The van der Waals surface area contributed by atoms with Crippen molar-refractivity contribution in [3.63, 3.8) is 0 Å². The Kier molecular flexibility index (Phi) is 6.11. The van der Waals surface area contributed by atoms with Crippen LogP contribution in [0.2, 0.25) is 0 Å². The highest BCUT2D eigenvalue weighted by Crippen LogP contribution is 2.38. The van der Waals surface area contributed by atoms with Gasteiger partial charge in [0.25, 0.3) is 0 Å². The van der Waals surface area contributed by atoms with Gasteiger partial charge in [-0.1, -0.05) is 0 Å². The van der Waals surface area contributed by atoms with Crippen LogP contribution in [0.4, 0.5) is 0 Å². The summed E-state index contributed by atoms with van der Waals surface area (Å²) in [5, 5.41) is 0. The molecule has 0 aliphatic heterocycles. The molecule has 112 valence electrons. The number of rotatable bonds is 7. The molecule has 0 fully saturated rings. The van der Waals surface area contributed by atoms with Gasteiger partial charge in [-0.05, 0) is 12.6 Å². The fraction of sp³-hybridized carbons (Fsp3) is 0.500. The third-order valence-corrected chi connectivity index (χ3v) is 3.10. The maximum atomic E-state index is 11.5.